The summed E-state index contributed by atoms with van der Waals surface area (Å²) >= 11 is 0. The highest BCUT2D eigenvalue weighted by atomic mass is 16.2. The van der Waals surface area contributed by atoms with Gasteiger partial charge in [-0.05, 0) is 60.7 Å². The van der Waals surface area contributed by atoms with Gasteiger partial charge in [-0.3, -0.25) is 14.7 Å². The summed E-state index contributed by atoms with van der Waals surface area (Å²) < 4.78 is 0. The van der Waals surface area contributed by atoms with Gasteiger partial charge in [0.2, 0.25) is 5.91 Å². The Labute approximate surface area is 190 Å². The zero-order valence-corrected chi connectivity index (χ0v) is 18.8. The molecule has 0 N–H and O–H groups in total. The second-order valence-electron chi connectivity index (χ2n) is 9.59. The Balaban J connectivity index is 1.40. The van der Waals surface area contributed by atoms with Gasteiger partial charge >= 0.3 is 0 Å². The summed E-state index contributed by atoms with van der Waals surface area (Å²) in [6.45, 7) is 6.61. The smallest absolute Gasteiger partial charge is 0.230 e. The summed E-state index contributed by atoms with van der Waals surface area (Å²) in [5.41, 5.74) is 5.20. The molecule has 2 aliphatic heterocycles. The average Bonchev–Trinajstić information content (AvgIpc) is 3.13. The molecule has 0 bridgehead atoms. The second kappa shape index (κ2) is 8.87. The van der Waals surface area contributed by atoms with Crippen molar-refractivity contribution in [1.29, 1.82) is 0 Å². The minimum Gasteiger partial charge on any atom is -0.337 e. The molecule has 4 heteroatoms. The van der Waals surface area contributed by atoms with Crippen molar-refractivity contribution in [2.24, 2.45) is 5.41 Å². The number of hydrogen-bond acceptors (Lipinski definition) is 3. The third-order valence-electron chi connectivity index (χ3n) is 7.23. The van der Waals surface area contributed by atoms with Crippen molar-refractivity contribution in [3.05, 3.63) is 101 Å². The van der Waals surface area contributed by atoms with Crippen LogP contribution < -0.4 is 0 Å². The van der Waals surface area contributed by atoms with Gasteiger partial charge in [0.25, 0.3) is 0 Å². The minimum atomic E-state index is -0.132. The Kier molecular flexibility index (Phi) is 5.79. The first-order valence-electron chi connectivity index (χ1n) is 11.6. The number of carbonyl (C=O) groups is 1. The van der Waals surface area contributed by atoms with Gasteiger partial charge in [0, 0.05) is 44.0 Å². The van der Waals surface area contributed by atoms with E-state index < -0.39 is 0 Å². The zero-order chi connectivity index (χ0) is 22.0. The van der Waals surface area contributed by atoms with Crippen LogP contribution in [0.3, 0.4) is 0 Å². The number of benzene rings is 2. The molecule has 0 aliphatic carbocycles. The maximum Gasteiger partial charge on any atom is 0.230 e. The fraction of sp³-hybridized carbons (Fsp3) is 0.357. The lowest BCUT2D eigenvalue weighted by Crippen LogP contribution is -2.43. The number of hydrogen-bond donors (Lipinski definition) is 0. The van der Waals surface area contributed by atoms with Gasteiger partial charge in [-0.1, -0.05) is 54.6 Å². The first-order valence-corrected chi connectivity index (χ1v) is 11.6. The molecule has 2 aromatic carbocycles. The predicted molar refractivity (Wildman–Crippen MR) is 127 cm³/mol. The van der Waals surface area contributed by atoms with Gasteiger partial charge in [0.15, 0.2) is 0 Å². The monoisotopic (exact) mass is 425 g/mol. The molecule has 2 atom stereocenters. The molecule has 5 rings (SSSR count). The van der Waals surface area contributed by atoms with Gasteiger partial charge in [0.1, 0.15) is 0 Å². The molecular weight excluding hydrogens is 394 g/mol. The number of likely N-dealkylation sites (tertiary alicyclic amines) is 1. The van der Waals surface area contributed by atoms with Crippen LogP contribution in [0.25, 0.3) is 0 Å². The lowest BCUT2D eigenvalue weighted by Gasteiger charge is -2.34. The van der Waals surface area contributed by atoms with Crippen LogP contribution in [-0.4, -0.2) is 40.3 Å². The molecule has 1 unspecified atom stereocenters. The average molecular weight is 426 g/mol. The van der Waals surface area contributed by atoms with E-state index in [0.29, 0.717) is 6.54 Å². The van der Waals surface area contributed by atoms with E-state index >= 15 is 0 Å². The van der Waals surface area contributed by atoms with E-state index in [4.69, 9.17) is 0 Å². The van der Waals surface area contributed by atoms with Crippen LogP contribution in [0.15, 0.2) is 79.1 Å². The normalized spacial score (nSPS) is 21.8. The summed E-state index contributed by atoms with van der Waals surface area (Å²) in [6.07, 6.45) is 5.90. The molecule has 4 nitrogen and oxygen atoms in total. The number of rotatable bonds is 4. The highest BCUT2D eigenvalue weighted by Crippen LogP contribution is 2.40. The van der Waals surface area contributed by atoms with Crippen molar-refractivity contribution in [2.45, 2.75) is 38.8 Å². The summed E-state index contributed by atoms with van der Waals surface area (Å²) in [4.78, 5) is 22.5. The fourth-order valence-electron chi connectivity index (χ4n) is 5.51. The van der Waals surface area contributed by atoms with Crippen molar-refractivity contribution in [2.75, 3.05) is 19.6 Å². The summed E-state index contributed by atoms with van der Waals surface area (Å²) in [6, 6.07) is 23.1. The van der Waals surface area contributed by atoms with Crippen molar-refractivity contribution in [3.8, 4) is 0 Å². The summed E-state index contributed by atoms with van der Waals surface area (Å²) in [7, 11) is 0. The predicted octanol–water partition coefficient (Wildman–Crippen LogP) is 4.66. The highest BCUT2D eigenvalue weighted by Gasteiger charge is 2.43. The van der Waals surface area contributed by atoms with Gasteiger partial charge in [0.05, 0.1) is 5.92 Å². The Hall–Kier alpha value is -2.98. The van der Waals surface area contributed by atoms with Crippen LogP contribution in [-0.2, 0) is 24.3 Å². The van der Waals surface area contributed by atoms with E-state index in [1.165, 1.54) is 16.7 Å². The molecule has 1 aromatic heterocycles. The molecule has 0 radical (unpaired) electrons. The lowest BCUT2D eigenvalue weighted by atomic mass is 9.80. The second-order valence-corrected chi connectivity index (χ2v) is 9.59. The number of carbonyl (C=O) groups excluding carboxylic acids is 1. The summed E-state index contributed by atoms with van der Waals surface area (Å²) in [5, 5.41) is 0. The molecule has 0 saturated carbocycles. The van der Waals surface area contributed by atoms with Crippen LogP contribution in [0.4, 0.5) is 0 Å². The zero-order valence-electron chi connectivity index (χ0n) is 18.8. The van der Waals surface area contributed by atoms with Gasteiger partial charge in [-0.15, -0.1) is 0 Å². The molecule has 1 saturated heterocycles. The SMILES string of the molecule is C[C@H](C(=O)N1Cc2ccccc2CC2(CCN(Cc3ccncc3)C2)C1)c1ccccc1. The number of pyridine rings is 1. The van der Waals surface area contributed by atoms with Crippen LogP contribution in [0.5, 0.6) is 0 Å². The van der Waals surface area contributed by atoms with Gasteiger partial charge < -0.3 is 4.90 Å². The number of aromatic nitrogens is 1. The van der Waals surface area contributed by atoms with E-state index in [1.54, 1.807) is 0 Å². The van der Waals surface area contributed by atoms with Crippen molar-refractivity contribution in [3.63, 3.8) is 0 Å². The lowest BCUT2D eigenvalue weighted by molar-refractivity contribution is -0.134. The van der Waals surface area contributed by atoms with Crippen LogP contribution in [0.2, 0.25) is 0 Å². The largest absolute Gasteiger partial charge is 0.337 e. The number of amides is 1. The van der Waals surface area contributed by atoms with Crippen LogP contribution in [0, 0.1) is 5.41 Å². The highest BCUT2D eigenvalue weighted by molar-refractivity contribution is 5.83. The number of fused-ring (bicyclic) bond motifs is 1. The number of nitrogens with zero attached hydrogens (tertiary/aromatic N) is 3. The molecule has 32 heavy (non-hydrogen) atoms. The molecular formula is C28H31N3O. The summed E-state index contributed by atoms with van der Waals surface area (Å²) in [5.74, 6) is 0.104. The molecule has 1 fully saturated rings. The first kappa shape index (κ1) is 20.9. The van der Waals surface area contributed by atoms with E-state index in [1.807, 2.05) is 37.5 Å². The Morgan fingerprint density at radius 3 is 2.47 bits per heavy atom. The Bertz CT molecular complexity index is 1070. The van der Waals surface area contributed by atoms with Gasteiger partial charge in [-0.2, -0.15) is 0 Å². The molecule has 164 valence electrons. The van der Waals surface area contributed by atoms with Crippen molar-refractivity contribution < 1.29 is 4.79 Å². The van der Waals surface area contributed by atoms with E-state index in [-0.39, 0.29) is 17.2 Å². The van der Waals surface area contributed by atoms with E-state index in [0.717, 1.165) is 44.6 Å². The molecule has 3 aromatic rings. The van der Waals surface area contributed by atoms with Crippen molar-refractivity contribution >= 4 is 5.91 Å². The van der Waals surface area contributed by atoms with Gasteiger partial charge in [-0.25, -0.2) is 0 Å². The molecule has 2 aliphatic rings. The quantitative estimate of drug-likeness (QED) is 0.610. The molecule has 1 amide bonds. The minimum absolute atomic E-state index is 0.103. The molecule has 1 spiro atoms. The maximum atomic E-state index is 13.7. The fourth-order valence-corrected chi connectivity index (χ4v) is 5.51. The third kappa shape index (κ3) is 4.33. The van der Waals surface area contributed by atoms with Crippen molar-refractivity contribution in [1.82, 2.24) is 14.8 Å². The van der Waals surface area contributed by atoms with Crippen LogP contribution in [0.1, 0.15) is 41.5 Å². The van der Waals surface area contributed by atoms with E-state index in [2.05, 4.69) is 63.3 Å². The van der Waals surface area contributed by atoms with E-state index in [9.17, 15) is 4.79 Å². The first-order chi connectivity index (χ1) is 15.6. The van der Waals surface area contributed by atoms with Crippen LogP contribution >= 0.6 is 0 Å². The molecule has 3 heterocycles. The third-order valence-corrected chi connectivity index (χ3v) is 7.23. The Morgan fingerprint density at radius 2 is 1.69 bits per heavy atom. The Morgan fingerprint density at radius 1 is 0.969 bits per heavy atom. The maximum absolute atomic E-state index is 13.7. The topological polar surface area (TPSA) is 36.4 Å². The standard InChI is InChI=1S/C28H31N3O/c1-22(24-7-3-2-4-8-24)27(32)31-19-26-10-6-5-9-25(26)17-28(21-31)13-16-30(20-28)18-23-11-14-29-15-12-23/h2-12,14-15,22H,13,16-21H2,1H3/t22-,28?/m0/s1.